The highest BCUT2D eigenvalue weighted by Gasteiger charge is 2.63. The first-order valence-electron chi connectivity index (χ1n) is 10.5. The van der Waals surface area contributed by atoms with Crippen LogP contribution in [0, 0.1) is 34.5 Å². The highest BCUT2D eigenvalue weighted by Crippen LogP contribution is 2.68. The Labute approximate surface area is 152 Å². The molecule has 4 saturated carbocycles. The van der Waals surface area contributed by atoms with Crippen LogP contribution in [0.4, 0.5) is 0 Å². The molecule has 0 aromatic rings. The minimum absolute atomic E-state index is 0.0111. The first-order chi connectivity index (χ1) is 11.8. The fraction of sp³-hybridized carbons (Fsp3) is 0.909. The molecule has 4 aliphatic carbocycles. The highest BCUT2D eigenvalue weighted by molar-refractivity contribution is 5.20. The van der Waals surface area contributed by atoms with Crippen LogP contribution >= 0.6 is 0 Å². The molecule has 0 heterocycles. The summed E-state index contributed by atoms with van der Waals surface area (Å²) in [6.07, 6.45) is 13.5. The lowest BCUT2D eigenvalue weighted by Gasteiger charge is -2.61. The van der Waals surface area contributed by atoms with Crippen molar-refractivity contribution in [1.29, 1.82) is 0 Å². The quantitative estimate of drug-likeness (QED) is 0.667. The second kappa shape index (κ2) is 6.07. The summed E-state index contributed by atoms with van der Waals surface area (Å²) in [6.45, 7) is 4.83. The molecule has 3 heteroatoms. The normalized spacial score (nSPS) is 55.6. The molecule has 4 rings (SSSR count). The van der Waals surface area contributed by atoms with E-state index >= 15 is 0 Å². The maximum Gasteiger partial charge on any atom is 0.0884 e. The van der Waals surface area contributed by atoms with Gasteiger partial charge in [0.2, 0.25) is 0 Å². The zero-order valence-corrected chi connectivity index (χ0v) is 16.0. The largest absolute Gasteiger partial charge is 0.393 e. The van der Waals surface area contributed by atoms with Crippen LogP contribution in [0.3, 0.4) is 0 Å². The van der Waals surface area contributed by atoms with Crippen molar-refractivity contribution in [3.05, 3.63) is 12.2 Å². The Hall–Kier alpha value is -0.380. The van der Waals surface area contributed by atoms with Crippen LogP contribution in [0.5, 0.6) is 0 Å². The maximum atomic E-state index is 11.4. The van der Waals surface area contributed by atoms with Crippen LogP contribution in [-0.2, 0) is 0 Å². The Morgan fingerprint density at radius 1 is 0.960 bits per heavy atom. The van der Waals surface area contributed by atoms with Crippen LogP contribution in [0.1, 0.15) is 71.6 Å². The molecule has 8 atom stereocenters. The zero-order valence-electron chi connectivity index (χ0n) is 16.0. The lowest BCUT2D eigenvalue weighted by Crippen LogP contribution is -2.56. The summed E-state index contributed by atoms with van der Waals surface area (Å²) in [5, 5.41) is 30.7. The third kappa shape index (κ3) is 2.49. The summed E-state index contributed by atoms with van der Waals surface area (Å²) < 4.78 is 0. The van der Waals surface area contributed by atoms with E-state index in [-0.39, 0.29) is 18.1 Å². The molecule has 4 aliphatic rings. The van der Waals surface area contributed by atoms with Gasteiger partial charge >= 0.3 is 0 Å². The summed E-state index contributed by atoms with van der Waals surface area (Å²) >= 11 is 0. The summed E-state index contributed by atoms with van der Waals surface area (Å²) in [4.78, 5) is 0. The topological polar surface area (TPSA) is 60.7 Å². The number of hydrogen-bond acceptors (Lipinski definition) is 3. The van der Waals surface area contributed by atoms with Crippen LogP contribution in [-0.4, -0.2) is 33.6 Å². The van der Waals surface area contributed by atoms with Gasteiger partial charge in [-0.1, -0.05) is 26.0 Å². The lowest BCUT2D eigenvalue weighted by atomic mass is 9.44. The van der Waals surface area contributed by atoms with Crippen LogP contribution < -0.4 is 0 Å². The second-order valence-corrected chi connectivity index (χ2v) is 10.1. The van der Waals surface area contributed by atoms with Crippen molar-refractivity contribution in [2.45, 2.75) is 83.3 Å². The Morgan fingerprint density at radius 2 is 1.72 bits per heavy atom. The molecule has 0 spiro atoms. The Morgan fingerprint density at radius 3 is 2.48 bits per heavy atom. The van der Waals surface area contributed by atoms with Gasteiger partial charge in [-0.2, -0.15) is 0 Å². The van der Waals surface area contributed by atoms with Gasteiger partial charge in [0.15, 0.2) is 0 Å². The molecular formula is C22H36O3. The van der Waals surface area contributed by atoms with Crippen molar-refractivity contribution in [2.75, 3.05) is 6.61 Å². The van der Waals surface area contributed by atoms with E-state index < -0.39 is 5.60 Å². The van der Waals surface area contributed by atoms with Gasteiger partial charge in [0.05, 0.1) is 18.3 Å². The summed E-state index contributed by atoms with van der Waals surface area (Å²) in [7, 11) is 0. The fourth-order valence-electron chi connectivity index (χ4n) is 7.81. The van der Waals surface area contributed by atoms with E-state index in [0.29, 0.717) is 17.3 Å². The molecule has 4 fully saturated rings. The maximum absolute atomic E-state index is 11.4. The Bertz CT molecular complexity index is 545. The van der Waals surface area contributed by atoms with E-state index in [9.17, 15) is 15.3 Å². The molecule has 0 bridgehead atoms. The third-order valence-corrected chi connectivity index (χ3v) is 9.35. The number of aliphatic hydroxyl groups excluding tert-OH is 2. The van der Waals surface area contributed by atoms with E-state index in [1.807, 2.05) is 6.08 Å². The van der Waals surface area contributed by atoms with Gasteiger partial charge in [-0.25, -0.2) is 0 Å². The van der Waals surface area contributed by atoms with Crippen molar-refractivity contribution < 1.29 is 15.3 Å². The number of hydrogen-bond donors (Lipinski definition) is 3. The van der Waals surface area contributed by atoms with E-state index in [4.69, 9.17) is 0 Å². The number of aliphatic hydroxyl groups is 3. The van der Waals surface area contributed by atoms with Gasteiger partial charge in [-0.05, 0) is 86.9 Å². The molecule has 2 unspecified atom stereocenters. The SMILES string of the molecule is C[C@]12CCC(O)CC1CC[C@@H]1[C@@H]2CC[C@@]2(C)[C@H]1CC[C@]2(O)C=CCO. The zero-order chi connectivity index (χ0) is 17.9. The fourth-order valence-corrected chi connectivity index (χ4v) is 7.81. The molecule has 0 amide bonds. The predicted molar refractivity (Wildman–Crippen MR) is 98.9 cm³/mol. The van der Waals surface area contributed by atoms with Crippen molar-refractivity contribution in [3.8, 4) is 0 Å². The van der Waals surface area contributed by atoms with Crippen molar-refractivity contribution >= 4 is 0 Å². The van der Waals surface area contributed by atoms with Crippen molar-refractivity contribution in [3.63, 3.8) is 0 Å². The standard InChI is InChI=1S/C22H36O3/c1-20-10-6-16(24)14-15(20)4-5-17-18(20)7-11-21(2)19(17)8-12-22(21,25)9-3-13-23/h3,9,15-19,23-25H,4-8,10-14H2,1-2H3/t15?,16?,17-,18+,19+,20+,21+,22-/m1/s1. The van der Waals surface area contributed by atoms with Gasteiger partial charge < -0.3 is 15.3 Å². The average Bonchev–Trinajstić information content (AvgIpc) is 2.85. The van der Waals surface area contributed by atoms with Gasteiger partial charge in [0, 0.05) is 5.41 Å². The van der Waals surface area contributed by atoms with Crippen LogP contribution in [0.15, 0.2) is 12.2 Å². The molecule has 25 heavy (non-hydrogen) atoms. The molecule has 0 aliphatic heterocycles. The highest BCUT2D eigenvalue weighted by atomic mass is 16.3. The molecule has 0 aromatic heterocycles. The minimum atomic E-state index is -0.744. The van der Waals surface area contributed by atoms with Gasteiger partial charge in [-0.3, -0.25) is 0 Å². The smallest absolute Gasteiger partial charge is 0.0884 e. The molecule has 3 nitrogen and oxygen atoms in total. The Kier molecular flexibility index (Phi) is 4.37. The molecule has 142 valence electrons. The van der Waals surface area contributed by atoms with E-state index in [0.717, 1.165) is 43.9 Å². The molecular weight excluding hydrogens is 312 g/mol. The summed E-state index contributed by atoms with van der Waals surface area (Å²) in [5.74, 6) is 2.79. The van der Waals surface area contributed by atoms with E-state index in [2.05, 4.69) is 13.8 Å². The summed E-state index contributed by atoms with van der Waals surface area (Å²) in [6, 6.07) is 0. The van der Waals surface area contributed by atoms with Gasteiger partial charge in [-0.15, -0.1) is 0 Å². The average molecular weight is 349 g/mol. The first kappa shape index (κ1) is 18.0. The minimum Gasteiger partial charge on any atom is -0.393 e. The third-order valence-electron chi connectivity index (χ3n) is 9.35. The van der Waals surface area contributed by atoms with E-state index in [1.165, 1.54) is 25.7 Å². The van der Waals surface area contributed by atoms with Crippen LogP contribution in [0.25, 0.3) is 0 Å². The van der Waals surface area contributed by atoms with Gasteiger partial charge in [0.25, 0.3) is 0 Å². The molecule has 3 N–H and O–H groups in total. The van der Waals surface area contributed by atoms with Crippen LogP contribution in [0.2, 0.25) is 0 Å². The Balaban J connectivity index is 1.61. The predicted octanol–water partition coefficient (Wildman–Crippen LogP) is 3.67. The molecule has 0 saturated heterocycles. The number of fused-ring (bicyclic) bond motifs is 5. The van der Waals surface area contributed by atoms with Crippen molar-refractivity contribution in [2.24, 2.45) is 34.5 Å². The molecule has 0 aromatic carbocycles. The summed E-state index contributed by atoms with van der Waals surface area (Å²) in [5.41, 5.74) is -0.395. The molecule has 0 radical (unpaired) electrons. The second-order valence-electron chi connectivity index (χ2n) is 10.1. The number of rotatable bonds is 2. The lowest BCUT2D eigenvalue weighted by molar-refractivity contribution is -0.146. The monoisotopic (exact) mass is 348 g/mol. The van der Waals surface area contributed by atoms with E-state index in [1.54, 1.807) is 6.08 Å². The van der Waals surface area contributed by atoms with Gasteiger partial charge in [0.1, 0.15) is 0 Å². The van der Waals surface area contributed by atoms with Crippen molar-refractivity contribution in [1.82, 2.24) is 0 Å². The first-order valence-corrected chi connectivity index (χ1v) is 10.5.